The van der Waals surface area contributed by atoms with Crippen molar-refractivity contribution >= 4 is 29.4 Å². The minimum Gasteiger partial charge on any atom is -0.298 e. The summed E-state index contributed by atoms with van der Waals surface area (Å²) >= 11 is 7.09. The molecule has 0 spiro atoms. The van der Waals surface area contributed by atoms with Gasteiger partial charge in [-0.15, -0.1) is 0 Å². The molecule has 4 nitrogen and oxygen atoms in total. The molecule has 6 heteroatoms. The molecule has 0 fully saturated rings. The molecule has 0 radical (unpaired) electrons. The smallest absolute Gasteiger partial charge is 0.172 e. The molecule has 0 aliphatic carbocycles. The molecule has 0 amide bonds. The molecule has 0 aromatic carbocycles. The minimum atomic E-state index is 0.168. The number of hydrogen-bond acceptors (Lipinski definition) is 5. The van der Waals surface area contributed by atoms with Gasteiger partial charge in [0.15, 0.2) is 12.1 Å². The molecule has 0 saturated heterocycles. The summed E-state index contributed by atoms with van der Waals surface area (Å²) in [4.78, 5) is 19.4. The maximum absolute atomic E-state index is 10.5. The number of carbonyl (C=O) groups excluding carboxylic acids is 1. The lowest BCUT2D eigenvalue weighted by Gasteiger charge is -1.97. The van der Waals surface area contributed by atoms with E-state index in [1.54, 1.807) is 0 Å². The first-order chi connectivity index (χ1) is 7.20. The molecular weight excluding hydrogens is 234 g/mol. The zero-order chi connectivity index (χ0) is 10.8. The summed E-state index contributed by atoms with van der Waals surface area (Å²) < 4.78 is 4.11. The van der Waals surface area contributed by atoms with Crippen LogP contribution in [0.15, 0.2) is 12.3 Å². The second-order valence-electron chi connectivity index (χ2n) is 2.89. The fourth-order valence-electron chi connectivity index (χ4n) is 1.04. The lowest BCUT2D eigenvalue weighted by molar-refractivity contribution is 0.112. The van der Waals surface area contributed by atoms with Crippen molar-refractivity contribution in [3.05, 3.63) is 28.7 Å². The number of rotatable bonds is 2. The van der Waals surface area contributed by atoms with Gasteiger partial charge in [-0.2, -0.15) is 4.37 Å². The van der Waals surface area contributed by atoms with Gasteiger partial charge in [-0.25, -0.2) is 9.97 Å². The molecule has 0 unspecified atom stereocenters. The van der Waals surface area contributed by atoms with Crippen LogP contribution in [0.4, 0.5) is 0 Å². The van der Waals surface area contributed by atoms with Gasteiger partial charge in [0.25, 0.3) is 0 Å². The molecule has 0 saturated carbocycles. The van der Waals surface area contributed by atoms with Crippen LogP contribution in [0, 0.1) is 6.92 Å². The maximum atomic E-state index is 10.5. The van der Waals surface area contributed by atoms with Crippen molar-refractivity contribution in [2.24, 2.45) is 0 Å². The van der Waals surface area contributed by atoms with Crippen LogP contribution < -0.4 is 0 Å². The van der Waals surface area contributed by atoms with Gasteiger partial charge in [0.05, 0.1) is 16.1 Å². The van der Waals surface area contributed by atoms with E-state index in [1.165, 1.54) is 17.7 Å². The van der Waals surface area contributed by atoms with Crippen LogP contribution in [0.2, 0.25) is 5.15 Å². The molecule has 0 N–H and O–H groups in total. The highest BCUT2D eigenvalue weighted by atomic mass is 35.5. The third kappa shape index (κ3) is 2.03. The average Bonchev–Trinajstić information content (AvgIpc) is 2.65. The van der Waals surface area contributed by atoms with Crippen LogP contribution in [0.1, 0.15) is 16.1 Å². The topological polar surface area (TPSA) is 55.7 Å². The number of carbonyl (C=O) groups is 1. The number of hydrogen-bond donors (Lipinski definition) is 0. The second-order valence-corrected chi connectivity index (χ2v) is 4.05. The summed E-state index contributed by atoms with van der Waals surface area (Å²) in [6, 6.07) is 1.87. The predicted molar refractivity (Wildman–Crippen MR) is 58.3 cm³/mol. The Morgan fingerprint density at radius 1 is 1.53 bits per heavy atom. The van der Waals surface area contributed by atoms with E-state index in [2.05, 4.69) is 14.3 Å². The van der Waals surface area contributed by atoms with Crippen LogP contribution in [-0.2, 0) is 0 Å². The summed E-state index contributed by atoms with van der Waals surface area (Å²) in [5, 5.41) is 0.168. The third-order valence-corrected chi connectivity index (χ3v) is 2.92. The van der Waals surface area contributed by atoms with E-state index in [9.17, 15) is 4.79 Å². The van der Waals surface area contributed by atoms with E-state index in [-0.39, 0.29) is 5.15 Å². The summed E-state index contributed by atoms with van der Waals surface area (Å²) in [5.41, 5.74) is 1.20. The van der Waals surface area contributed by atoms with Gasteiger partial charge in [-0.3, -0.25) is 4.79 Å². The average molecular weight is 240 g/mol. The molecule has 2 rings (SSSR count). The van der Waals surface area contributed by atoms with Crippen LogP contribution in [0.5, 0.6) is 0 Å². The number of aromatic nitrogens is 3. The van der Waals surface area contributed by atoms with Crippen molar-refractivity contribution in [3.8, 4) is 10.7 Å². The van der Waals surface area contributed by atoms with E-state index in [0.29, 0.717) is 17.7 Å². The Hall–Kier alpha value is -1.33. The summed E-state index contributed by atoms with van der Waals surface area (Å²) in [6.07, 6.45) is 2.04. The highest BCUT2D eigenvalue weighted by Crippen LogP contribution is 2.22. The molecule has 0 aliphatic rings. The van der Waals surface area contributed by atoms with E-state index in [0.717, 1.165) is 10.6 Å². The minimum absolute atomic E-state index is 0.168. The van der Waals surface area contributed by atoms with Gasteiger partial charge in [0, 0.05) is 6.20 Å². The third-order valence-electron chi connectivity index (χ3n) is 1.74. The van der Waals surface area contributed by atoms with Crippen LogP contribution in [0.25, 0.3) is 10.7 Å². The zero-order valence-corrected chi connectivity index (χ0v) is 9.34. The first-order valence-electron chi connectivity index (χ1n) is 4.12. The van der Waals surface area contributed by atoms with Gasteiger partial charge in [-0.1, -0.05) is 11.6 Å². The molecule has 76 valence electrons. The van der Waals surface area contributed by atoms with Crippen molar-refractivity contribution < 1.29 is 4.79 Å². The largest absolute Gasteiger partial charge is 0.298 e. The lowest BCUT2D eigenvalue weighted by Crippen LogP contribution is -1.92. The molecule has 0 aliphatic heterocycles. The van der Waals surface area contributed by atoms with E-state index in [4.69, 9.17) is 11.6 Å². The molecule has 2 aromatic heterocycles. The fraction of sp³-hybridized carbons (Fsp3) is 0.111. The molecule has 15 heavy (non-hydrogen) atoms. The van der Waals surface area contributed by atoms with E-state index < -0.39 is 0 Å². The van der Waals surface area contributed by atoms with Gasteiger partial charge in [0.1, 0.15) is 5.15 Å². The Labute approximate surface area is 95.1 Å². The van der Waals surface area contributed by atoms with Gasteiger partial charge in [0.2, 0.25) is 0 Å². The zero-order valence-electron chi connectivity index (χ0n) is 7.77. The fourth-order valence-corrected chi connectivity index (χ4v) is 1.91. The second kappa shape index (κ2) is 4.04. The number of aldehydes is 1. The number of aryl methyl sites for hydroxylation is 1. The Kier molecular flexibility index (Phi) is 2.75. The van der Waals surface area contributed by atoms with Crippen LogP contribution in [0.3, 0.4) is 0 Å². The number of nitrogens with zero attached hydrogens (tertiary/aromatic N) is 3. The monoisotopic (exact) mass is 239 g/mol. The van der Waals surface area contributed by atoms with Crippen LogP contribution >= 0.6 is 23.1 Å². The standard InChI is InChI=1S/C9H6ClN3OS/c1-5-2-7(15-13-5)9-11-3-6(4-14)8(10)12-9/h2-4H,1H3. The van der Waals surface area contributed by atoms with Crippen molar-refractivity contribution in [2.75, 3.05) is 0 Å². The highest BCUT2D eigenvalue weighted by molar-refractivity contribution is 7.09. The molecule has 0 atom stereocenters. The first-order valence-corrected chi connectivity index (χ1v) is 5.27. The summed E-state index contributed by atoms with van der Waals surface area (Å²) in [5.74, 6) is 0.496. The Morgan fingerprint density at radius 2 is 2.33 bits per heavy atom. The quantitative estimate of drug-likeness (QED) is 0.596. The maximum Gasteiger partial charge on any atom is 0.172 e. The summed E-state index contributed by atoms with van der Waals surface area (Å²) in [6.45, 7) is 1.89. The van der Waals surface area contributed by atoms with E-state index in [1.807, 2.05) is 13.0 Å². The predicted octanol–water partition coefficient (Wildman–Crippen LogP) is 2.37. The van der Waals surface area contributed by atoms with Crippen molar-refractivity contribution in [1.29, 1.82) is 0 Å². The van der Waals surface area contributed by atoms with Gasteiger partial charge < -0.3 is 0 Å². The van der Waals surface area contributed by atoms with Crippen molar-refractivity contribution in [3.63, 3.8) is 0 Å². The van der Waals surface area contributed by atoms with Crippen molar-refractivity contribution in [2.45, 2.75) is 6.92 Å². The molecule has 2 aromatic rings. The lowest BCUT2D eigenvalue weighted by atomic mass is 10.3. The Bertz CT molecular complexity index is 512. The van der Waals surface area contributed by atoms with Crippen molar-refractivity contribution in [1.82, 2.24) is 14.3 Å². The number of halogens is 1. The van der Waals surface area contributed by atoms with Gasteiger partial charge >= 0.3 is 0 Å². The molecule has 2 heterocycles. The normalized spacial score (nSPS) is 10.3. The Morgan fingerprint density at radius 3 is 2.87 bits per heavy atom. The Balaban J connectivity index is 2.46. The summed E-state index contributed by atoms with van der Waals surface area (Å²) in [7, 11) is 0. The van der Waals surface area contributed by atoms with Crippen LogP contribution in [-0.4, -0.2) is 20.6 Å². The SMILES string of the molecule is Cc1cc(-c2ncc(C=O)c(Cl)n2)sn1. The van der Waals surface area contributed by atoms with Gasteiger partial charge in [-0.05, 0) is 24.5 Å². The first kappa shape index (κ1) is 10.2. The molecule has 0 bridgehead atoms. The highest BCUT2D eigenvalue weighted by Gasteiger charge is 2.08. The molecular formula is C9H6ClN3OS. The van der Waals surface area contributed by atoms with E-state index >= 15 is 0 Å².